The van der Waals surface area contributed by atoms with Crippen LogP contribution >= 0.6 is 0 Å². The predicted molar refractivity (Wildman–Crippen MR) is 41.8 cm³/mol. The number of carboxylic acids is 1. The van der Waals surface area contributed by atoms with Crippen molar-refractivity contribution < 1.29 is 9.90 Å². The van der Waals surface area contributed by atoms with Gasteiger partial charge in [-0.15, -0.1) is 0 Å². The van der Waals surface area contributed by atoms with E-state index >= 15 is 0 Å². The van der Waals surface area contributed by atoms with Crippen LogP contribution in [-0.2, 0) is 7.05 Å². The lowest BCUT2D eigenvalue weighted by molar-refractivity contribution is 0.0685. The molecule has 3 nitrogen and oxygen atoms in total. The molecule has 0 aliphatic carbocycles. The number of nitrogens with zero attached hydrogens (tertiary/aromatic N) is 1. The zero-order valence-electron chi connectivity index (χ0n) is 6.88. The van der Waals surface area contributed by atoms with Crippen LogP contribution in [0.5, 0.6) is 0 Å². The molecule has 1 aromatic rings. The third kappa shape index (κ3) is 1.13. The van der Waals surface area contributed by atoms with Gasteiger partial charge in [-0.05, 0) is 25.5 Å². The van der Waals surface area contributed by atoms with Crippen LogP contribution in [0.1, 0.15) is 21.7 Å². The second-order valence-corrected chi connectivity index (χ2v) is 2.68. The van der Waals surface area contributed by atoms with E-state index in [9.17, 15) is 4.79 Å². The second kappa shape index (κ2) is 2.42. The highest BCUT2D eigenvalue weighted by molar-refractivity contribution is 5.87. The molecular formula is C8H11NO2. The van der Waals surface area contributed by atoms with E-state index in [1.54, 1.807) is 18.5 Å². The van der Waals surface area contributed by atoms with E-state index in [2.05, 4.69) is 0 Å². The van der Waals surface area contributed by atoms with Crippen molar-refractivity contribution in [3.63, 3.8) is 0 Å². The van der Waals surface area contributed by atoms with Gasteiger partial charge in [0.25, 0.3) is 0 Å². The van der Waals surface area contributed by atoms with E-state index in [4.69, 9.17) is 5.11 Å². The number of hydrogen-bond donors (Lipinski definition) is 1. The number of rotatable bonds is 1. The van der Waals surface area contributed by atoms with E-state index in [1.807, 2.05) is 13.0 Å². The van der Waals surface area contributed by atoms with E-state index in [0.29, 0.717) is 5.69 Å². The maximum Gasteiger partial charge on any atom is 0.352 e. The lowest BCUT2D eigenvalue weighted by Gasteiger charge is -1.99. The first-order chi connectivity index (χ1) is 5.04. The van der Waals surface area contributed by atoms with Gasteiger partial charge >= 0.3 is 5.97 Å². The Morgan fingerprint density at radius 2 is 2.09 bits per heavy atom. The molecule has 0 aliphatic rings. The van der Waals surface area contributed by atoms with E-state index in [0.717, 1.165) is 11.3 Å². The lowest BCUT2D eigenvalue weighted by Crippen LogP contribution is -2.06. The molecule has 11 heavy (non-hydrogen) atoms. The molecule has 0 atom stereocenters. The van der Waals surface area contributed by atoms with E-state index in [1.165, 1.54) is 0 Å². The molecule has 0 saturated carbocycles. The van der Waals surface area contributed by atoms with Gasteiger partial charge in [-0.25, -0.2) is 4.79 Å². The third-order valence-corrected chi connectivity index (χ3v) is 1.87. The topological polar surface area (TPSA) is 42.2 Å². The summed E-state index contributed by atoms with van der Waals surface area (Å²) in [4.78, 5) is 10.6. The van der Waals surface area contributed by atoms with Crippen molar-refractivity contribution in [2.24, 2.45) is 7.05 Å². The van der Waals surface area contributed by atoms with Crippen molar-refractivity contribution in [2.75, 3.05) is 0 Å². The lowest BCUT2D eigenvalue weighted by atomic mass is 10.3. The fourth-order valence-corrected chi connectivity index (χ4v) is 1.23. The molecule has 0 aromatic carbocycles. The van der Waals surface area contributed by atoms with Crippen LogP contribution < -0.4 is 0 Å². The molecule has 0 unspecified atom stereocenters. The SMILES string of the molecule is Cc1cc(C)n(C)c1C(=O)O. The van der Waals surface area contributed by atoms with Crippen molar-refractivity contribution in [2.45, 2.75) is 13.8 Å². The summed E-state index contributed by atoms with van der Waals surface area (Å²) in [6.45, 7) is 3.69. The smallest absolute Gasteiger partial charge is 0.352 e. The van der Waals surface area contributed by atoms with Gasteiger partial charge in [0.1, 0.15) is 5.69 Å². The summed E-state index contributed by atoms with van der Waals surface area (Å²) in [7, 11) is 1.76. The third-order valence-electron chi connectivity index (χ3n) is 1.87. The number of aromatic nitrogens is 1. The molecule has 0 fully saturated rings. The molecule has 0 radical (unpaired) electrons. The van der Waals surface area contributed by atoms with Gasteiger partial charge in [-0.1, -0.05) is 0 Å². The van der Waals surface area contributed by atoms with Gasteiger partial charge in [0, 0.05) is 12.7 Å². The molecule has 1 N–H and O–H groups in total. The highest BCUT2D eigenvalue weighted by Crippen LogP contribution is 2.12. The van der Waals surface area contributed by atoms with Gasteiger partial charge in [0.15, 0.2) is 0 Å². The van der Waals surface area contributed by atoms with E-state index in [-0.39, 0.29) is 0 Å². The molecule has 60 valence electrons. The fourth-order valence-electron chi connectivity index (χ4n) is 1.23. The largest absolute Gasteiger partial charge is 0.477 e. The minimum Gasteiger partial charge on any atom is -0.477 e. The van der Waals surface area contributed by atoms with Crippen LogP contribution in [0.4, 0.5) is 0 Å². The Morgan fingerprint density at radius 3 is 2.27 bits per heavy atom. The molecule has 0 spiro atoms. The highest BCUT2D eigenvalue weighted by Gasteiger charge is 2.12. The predicted octanol–water partition coefficient (Wildman–Crippen LogP) is 1.34. The molecule has 1 aromatic heterocycles. The number of carbonyl (C=O) groups is 1. The van der Waals surface area contributed by atoms with Gasteiger partial charge in [-0.3, -0.25) is 0 Å². The Labute approximate surface area is 65.3 Å². The Morgan fingerprint density at radius 1 is 1.55 bits per heavy atom. The van der Waals surface area contributed by atoms with E-state index < -0.39 is 5.97 Å². The summed E-state index contributed by atoms with van der Waals surface area (Å²) in [6.07, 6.45) is 0. The van der Waals surface area contributed by atoms with Crippen LogP contribution in [0.15, 0.2) is 6.07 Å². The average Bonchev–Trinajstić information content (AvgIpc) is 2.07. The van der Waals surface area contributed by atoms with Crippen LogP contribution in [-0.4, -0.2) is 15.6 Å². The van der Waals surface area contributed by atoms with Gasteiger partial charge in [0.05, 0.1) is 0 Å². The summed E-state index contributed by atoms with van der Waals surface area (Å²) in [5.74, 6) is -0.863. The second-order valence-electron chi connectivity index (χ2n) is 2.68. The van der Waals surface area contributed by atoms with Crippen molar-refractivity contribution in [3.8, 4) is 0 Å². The van der Waals surface area contributed by atoms with Crippen LogP contribution in [0.2, 0.25) is 0 Å². The minimum absolute atomic E-state index is 0.377. The Balaban J connectivity index is 3.34. The van der Waals surface area contributed by atoms with Gasteiger partial charge in [0.2, 0.25) is 0 Å². The minimum atomic E-state index is -0.863. The monoisotopic (exact) mass is 153 g/mol. The molecule has 0 amide bonds. The Kier molecular flexibility index (Phi) is 1.72. The number of aromatic carboxylic acids is 1. The summed E-state index contributed by atoms with van der Waals surface area (Å²) in [5, 5.41) is 8.74. The van der Waals surface area contributed by atoms with Crippen molar-refractivity contribution in [1.82, 2.24) is 4.57 Å². The van der Waals surface area contributed by atoms with Crippen molar-refractivity contribution in [3.05, 3.63) is 23.0 Å². The average molecular weight is 153 g/mol. The van der Waals surface area contributed by atoms with Gasteiger partial charge < -0.3 is 9.67 Å². The summed E-state index contributed by atoms with van der Waals surface area (Å²) in [6, 6.07) is 1.86. The summed E-state index contributed by atoms with van der Waals surface area (Å²) < 4.78 is 1.68. The van der Waals surface area contributed by atoms with Crippen molar-refractivity contribution >= 4 is 5.97 Å². The first-order valence-corrected chi connectivity index (χ1v) is 3.40. The van der Waals surface area contributed by atoms with Gasteiger partial charge in [-0.2, -0.15) is 0 Å². The maximum absolute atomic E-state index is 10.6. The molecule has 1 rings (SSSR count). The fraction of sp³-hybridized carbons (Fsp3) is 0.375. The van der Waals surface area contributed by atoms with Crippen LogP contribution in [0.25, 0.3) is 0 Å². The molecule has 0 bridgehead atoms. The Bertz CT molecular complexity index is 299. The summed E-state index contributed by atoms with van der Waals surface area (Å²) >= 11 is 0. The highest BCUT2D eigenvalue weighted by atomic mass is 16.4. The molecular weight excluding hydrogens is 142 g/mol. The van der Waals surface area contributed by atoms with Crippen LogP contribution in [0.3, 0.4) is 0 Å². The molecule has 1 heterocycles. The first-order valence-electron chi connectivity index (χ1n) is 3.40. The zero-order chi connectivity index (χ0) is 8.59. The molecule has 3 heteroatoms. The zero-order valence-corrected chi connectivity index (χ0v) is 6.88. The molecule has 0 saturated heterocycles. The first kappa shape index (κ1) is 7.85. The standard InChI is InChI=1S/C8H11NO2/c1-5-4-6(2)9(3)7(5)8(10)11/h4H,1-3H3,(H,10,11). The quantitative estimate of drug-likeness (QED) is 0.661. The number of hydrogen-bond acceptors (Lipinski definition) is 1. The Hall–Kier alpha value is -1.25. The number of carboxylic acid groups (broad SMARTS) is 1. The van der Waals surface area contributed by atoms with Crippen molar-refractivity contribution in [1.29, 1.82) is 0 Å². The normalized spacial score (nSPS) is 10.1. The number of aryl methyl sites for hydroxylation is 2. The van der Waals surface area contributed by atoms with Crippen LogP contribution in [0, 0.1) is 13.8 Å². The molecule has 0 aliphatic heterocycles. The maximum atomic E-state index is 10.6. The summed E-state index contributed by atoms with van der Waals surface area (Å²) in [5.41, 5.74) is 2.17.